The second-order valence-electron chi connectivity index (χ2n) is 6.17. The van der Waals surface area contributed by atoms with Crippen LogP contribution in [0.4, 0.5) is 0 Å². The van der Waals surface area contributed by atoms with Gasteiger partial charge in [0.1, 0.15) is 0 Å². The Balaban J connectivity index is 2.65. The van der Waals surface area contributed by atoms with Crippen LogP contribution in [-0.2, 0) is 10.2 Å². The number of alkyl halides is 1. The minimum absolute atomic E-state index is 0.204. The van der Waals surface area contributed by atoms with Gasteiger partial charge in [-0.05, 0) is 45.1 Å². The van der Waals surface area contributed by atoms with Gasteiger partial charge in [0.2, 0.25) is 0 Å². The molecule has 2 aromatic carbocycles. The molecule has 2 aromatic rings. The molecule has 1 unspecified atom stereocenters. The van der Waals surface area contributed by atoms with Crippen LogP contribution in [0.1, 0.15) is 24.5 Å². The van der Waals surface area contributed by atoms with Crippen LogP contribution in [0.5, 0.6) is 0 Å². The van der Waals surface area contributed by atoms with Gasteiger partial charge < -0.3 is 4.90 Å². The Morgan fingerprint density at radius 2 is 1.43 bits per heavy atom. The lowest BCUT2D eigenvalue weighted by molar-refractivity contribution is -0.122. The summed E-state index contributed by atoms with van der Waals surface area (Å²) in [6, 6.07) is 20.3. The Hall–Kier alpha value is -1.45. The van der Waals surface area contributed by atoms with Crippen LogP contribution in [0, 0.1) is 0 Å². The number of hydrogen-bond donors (Lipinski definition) is 0. The minimum atomic E-state index is -0.629. The number of carbonyl (C=O) groups is 1. The fraction of sp³-hybridized carbons (Fsp3) is 0.350. The van der Waals surface area contributed by atoms with Crippen molar-refractivity contribution in [3.05, 3.63) is 71.8 Å². The van der Waals surface area contributed by atoms with Crippen molar-refractivity contribution in [3.63, 3.8) is 0 Å². The minimum Gasteiger partial charge on any atom is -0.309 e. The second kappa shape index (κ2) is 7.89. The van der Waals surface area contributed by atoms with Crippen molar-refractivity contribution in [2.75, 3.05) is 20.6 Å². The predicted octanol–water partition coefficient (Wildman–Crippen LogP) is 4.28. The molecule has 0 aliphatic heterocycles. The zero-order chi connectivity index (χ0) is 16.9. The summed E-state index contributed by atoms with van der Waals surface area (Å²) in [6.45, 7) is 2.76. The van der Waals surface area contributed by atoms with E-state index in [1.807, 2.05) is 57.4 Å². The van der Waals surface area contributed by atoms with Crippen molar-refractivity contribution in [2.24, 2.45) is 0 Å². The Labute approximate surface area is 147 Å². The van der Waals surface area contributed by atoms with Crippen LogP contribution in [0.25, 0.3) is 0 Å². The monoisotopic (exact) mass is 373 g/mol. The number of benzene rings is 2. The summed E-state index contributed by atoms with van der Waals surface area (Å²) in [4.78, 5) is 15.2. The van der Waals surface area contributed by atoms with Crippen LogP contribution in [0.3, 0.4) is 0 Å². The molecule has 3 heteroatoms. The maximum Gasteiger partial charge on any atom is 0.161 e. The molecular weight excluding hydrogens is 350 g/mol. The van der Waals surface area contributed by atoms with Gasteiger partial charge in [-0.25, -0.2) is 0 Å². The van der Waals surface area contributed by atoms with E-state index in [1.165, 1.54) is 0 Å². The Kier molecular flexibility index (Phi) is 6.14. The molecule has 0 spiro atoms. The van der Waals surface area contributed by atoms with E-state index in [1.54, 1.807) is 0 Å². The average molecular weight is 374 g/mol. The topological polar surface area (TPSA) is 20.3 Å². The third-order valence-corrected chi connectivity index (χ3v) is 4.66. The lowest BCUT2D eigenvalue weighted by Crippen LogP contribution is -2.43. The summed E-state index contributed by atoms with van der Waals surface area (Å²) in [5.41, 5.74) is 1.49. The average Bonchev–Trinajstić information content (AvgIpc) is 2.57. The van der Waals surface area contributed by atoms with Crippen LogP contribution in [-0.4, -0.2) is 36.2 Å². The van der Waals surface area contributed by atoms with Crippen molar-refractivity contribution in [2.45, 2.75) is 23.6 Å². The first-order valence-electron chi connectivity index (χ1n) is 7.92. The first kappa shape index (κ1) is 17.9. The number of hydrogen-bond acceptors (Lipinski definition) is 2. The van der Waals surface area contributed by atoms with Crippen LogP contribution < -0.4 is 0 Å². The Bertz CT molecular complexity index is 583. The van der Waals surface area contributed by atoms with Gasteiger partial charge in [0.25, 0.3) is 0 Å². The van der Waals surface area contributed by atoms with Gasteiger partial charge in [-0.1, -0.05) is 76.6 Å². The summed E-state index contributed by atoms with van der Waals surface area (Å²) in [5.74, 6) is 0.205. The largest absolute Gasteiger partial charge is 0.309 e. The maximum absolute atomic E-state index is 13.3. The lowest BCUT2D eigenvalue weighted by atomic mass is 9.68. The highest BCUT2D eigenvalue weighted by Gasteiger charge is 2.42. The fourth-order valence-electron chi connectivity index (χ4n) is 3.04. The molecule has 0 fully saturated rings. The molecule has 0 bridgehead atoms. The molecule has 0 saturated heterocycles. The van der Waals surface area contributed by atoms with Crippen molar-refractivity contribution in [1.29, 1.82) is 0 Å². The normalized spacial score (nSPS) is 13.1. The van der Waals surface area contributed by atoms with Crippen molar-refractivity contribution in [1.82, 2.24) is 4.90 Å². The molecule has 23 heavy (non-hydrogen) atoms. The summed E-state index contributed by atoms with van der Waals surface area (Å²) in [6.07, 6.45) is 0.753. The van der Waals surface area contributed by atoms with Crippen molar-refractivity contribution in [3.8, 4) is 0 Å². The number of Topliss-reactive ketones (excluding diaryl/α,β-unsaturated/α-hetero) is 1. The van der Waals surface area contributed by atoms with E-state index in [9.17, 15) is 4.79 Å². The number of ketones is 1. The van der Waals surface area contributed by atoms with Gasteiger partial charge in [-0.3, -0.25) is 4.79 Å². The summed E-state index contributed by atoms with van der Waals surface area (Å²) < 4.78 is 0. The number of rotatable bonds is 7. The molecule has 0 aliphatic rings. The second-order valence-corrected chi connectivity index (χ2v) is 7.54. The quantitative estimate of drug-likeness (QED) is 0.675. The molecular formula is C20H24BrNO. The molecule has 0 aromatic heterocycles. The number of nitrogens with zero attached hydrogens (tertiary/aromatic N) is 1. The first-order valence-corrected chi connectivity index (χ1v) is 8.84. The summed E-state index contributed by atoms with van der Waals surface area (Å²) in [7, 11) is 4.09. The smallest absolute Gasteiger partial charge is 0.161 e. The SMILES string of the molecule is CC(Br)C(=O)C(CCN(C)C)(c1ccccc1)c1ccccc1. The van der Waals surface area contributed by atoms with E-state index in [2.05, 4.69) is 45.1 Å². The highest BCUT2D eigenvalue weighted by atomic mass is 79.9. The van der Waals surface area contributed by atoms with Gasteiger partial charge in [-0.2, -0.15) is 0 Å². The van der Waals surface area contributed by atoms with Crippen LogP contribution >= 0.6 is 15.9 Å². The van der Waals surface area contributed by atoms with Crippen LogP contribution in [0.2, 0.25) is 0 Å². The standard InChI is InChI=1S/C20H24BrNO/c1-16(21)19(23)20(14-15-22(2)3,17-10-6-4-7-11-17)18-12-8-5-9-13-18/h4-13,16H,14-15H2,1-3H3. The zero-order valence-corrected chi connectivity index (χ0v) is 15.6. The zero-order valence-electron chi connectivity index (χ0n) is 14.0. The van der Waals surface area contributed by atoms with Gasteiger partial charge >= 0.3 is 0 Å². The highest BCUT2D eigenvalue weighted by Crippen LogP contribution is 2.39. The van der Waals surface area contributed by atoms with E-state index in [0.717, 1.165) is 24.1 Å². The van der Waals surface area contributed by atoms with Crippen molar-refractivity contribution < 1.29 is 4.79 Å². The molecule has 122 valence electrons. The molecule has 0 saturated carbocycles. The van der Waals surface area contributed by atoms with E-state index in [4.69, 9.17) is 0 Å². The molecule has 0 amide bonds. The Morgan fingerprint density at radius 1 is 1.00 bits per heavy atom. The van der Waals surface area contributed by atoms with E-state index < -0.39 is 5.41 Å². The molecule has 0 aliphatic carbocycles. The van der Waals surface area contributed by atoms with Gasteiger partial charge in [0.15, 0.2) is 5.78 Å². The lowest BCUT2D eigenvalue weighted by Gasteiger charge is -2.35. The first-order chi connectivity index (χ1) is 11.0. The highest BCUT2D eigenvalue weighted by molar-refractivity contribution is 9.10. The molecule has 2 nitrogen and oxygen atoms in total. The Morgan fingerprint density at radius 3 is 1.78 bits per heavy atom. The van der Waals surface area contributed by atoms with Gasteiger partial charge in [0, 0.05) is 0 Å². The third-order valence-electron chi connectivity index (χ3n) is 4.25. The summed E-state index contributed by atoms with van der Waals surface area (Å²) >= 11 is 3.51. The van der Waals surface area contributed by atoms with Crippen molar-refractivity contribution >= 4 is 21.7 Å². The molecule has 0 radical (unpaired) electrons. The van der Waals surface area contributed by atoms with Gasteiger partial charge in [0.05, 0.1) is 10.2 Å². The third kappa shape index (κ3) is 3.91. The molecule has 0 heterocycles. The molecule has 0 N–H and O–H groups in total. The number of carbonyl (C=O) groups excluding carboxylic acids is 1. The van der Waals surface area contributed by atoms with E-state index in [-0.39, 0.29) is 10.6 Å². The molecule has 2 rings (SSSR count). The predicted molar refractivity (Wildman–Crippen MR) is 100 cm³/mol. The van der Waals surface area contributed by atoms with Gasteiger partial charge in [-0.15, -0.1) is 0 Å². The molecule has 1 atom stereocenters. The number of halogens is 1. The maximum atomic E-state index is 13.3. The van der Waals surface area contributed by atoms with E-state index >= 15 is 0 Å². The fourth-order valence-corrected chi connectivity index (χ4v) is 3.43. The van der Waals surface area contributed by atoms with Crippen LogP contribution in [0.15, 0.2) is 60.7 Å². The van der Waals surface area contributed by atoms with E-state index in [0.29, 0.717) is 0 Å². The summed E-state index contributed by atoms with van der Waals surface area (Å²) in [5, 5.41) is 0.